The molecule has 1 unspecified atom stereocenters. The first-order valence-corrected chi connectivity index (χ1v) is 6.83. The smallest absolute Gasteiger partial charge is 0.135 e. The van der Waals surface area contributed by atoms with Crippen molar-refractivity contribution < 1.29 is 4.79 Å². The van der Waals surface area contributed by atoms with E-state index < -0.39 is 0 Å². The van der Waals surface area contributed by atoms with E-state index in [1.54, 1.807) is 0 Å². The number of hydrogen-bond acceptors (Lipinski definition) is 1. The molecule has 0 aliphatic heterocycles. The Morgan fingerprint density at radius 2 is 2.06 bits per heavy atom. The molecule has 1 aromatic carbocycles. The minimum Gasteiger partial charge on any atom is -0.299 e. The fourth-order valence-electron chi connectivity index (χ4n) is 2.39. The maximum Gasteiger partial charge on any atom is 0.135 e. The van der Waals surface area contributed by atoms with Crippen molar-refractivity contribution in [1.29, 1.82) is 0 Å². The Morgan fingerprint density at radius 3 is 2.81 bits per heavy atom. The molecule has 0 radical (unpaired) electrons. The number of hydrogen-bond donors (Lipinski definition) is 0. The van der Waals surface area contributed by atoms with E-state index in [1.807, 2.05) is 6.07 Å². The van der Waals surface area contributed by atoms with E-state index in [9.17, 15) is 4.79 Å². The second-order valence-corrected chi connectivity index (χ2v) is 5.39. The molecule has 1 saturated carbocycles. The van der Waals surface area contributed by atoms with Crippen molar-refractivity contribution in [3.63, 3.8) is 0 Å². The van der Waals surface area contributed by atoms with Crippen molar-refractivity contribution in [2.24, 2.45) is 5.92 Å². The second-order valence-electron chi connectivity index (χ2n) is 4.54. The summed E-state index contributed by atoms with van der Waals surface area (Å²) in [5.41, 5.74) is 1.32. The maximum atomic E-state index is 11.7. The van der Waals surface area contributed by atoms with E-state index in [0.29, 0.717) is 11.7 Å². The maximum absolute atomic E-state index is 11.7. The summed E-state index contributed by atoms with van der Waals surface area (Å²) >= 11 is 3.55. The first-order chi connectivity index (χ1) is 7.77. The van der Waals surface area contributed by atoms with Crippen LogP contribution in [-0.4, -0.2) is 5.78 Å². The van der Waals surface area contributed by atoms with E-state index >= 15 is 0 Å². The molecule has 16 heavy (non-hydrogen) atoms. The van der Waals surface area contributed by atoms with Gasteiger partial charge in [0.15, 0.2) is 0 Å². The first-order valence-electron chi connectivity index (χ1n) is 6.03. The molecule has 0 N–H and O–H groups in total. The number of rotatable bonds is 3. The molecule has 2 heteroatoms. The standard InChI is InChI=1S/C14H17BrO/c15-13-7-3-1-5-11(13)9-10-12-6-2-4-8-14(12)16/h1,3,5,7,12H,2,4,6,8-10H2. The monoisotopic (exact) mass is 280 g/mol. The second kappa shape index (κ2) is 5.62. The van der Waals surface area contributed by atoms with Gasteiger partial charge in [-0.15, -0.1) is 0 Å². The highest BCUT2D eigenvalue weighted by molar-refractivity contribution is 9.10. The molecule has 1 aliphatic rings. The molecule has 2 rings (SSSR count). The number of Topliss-reactive ketones (excluding diaryl/α,β-unsaturated/α-hetero) is 1. The van der Waals surface area contributed by atoms with Gasteiger partial charge in [-0.25, -0.2) is 0 Å². The Bertz CT molecular complexity index is 373. The van der Waals surface area contributed by atoms with Crippen molar-refractivity contribution in [2.45, 2.75) is 38.5 Å². The van der Waals surface area contributed by atoms with Crippen LogP contribution in [0.5, 0.6) is 0 Å². The lowest BCUT2D eigenvalue weighted by Crippen LogP contribution is -2.19. The zero-order valence-corrected chi connectivity index (χ0v) is 11.0. The summed E-state index contributed by atoms with van der Waals surface area (Å²) in [6, 6.07) is 8.29. The minimum absolute atomic E-state index is 0.320. The van der Waals surface area contributed by atoms with Crippen LogP contribution < -0.4 is 0 Å². The van der Waals surface area contributed by atoms with E-state index in [-0.39, 0.29) is 0 Å². The Morgan fingerprint density at radius 1 is 1.25 bits per heavy atom. The van der Waals surface area contributed by atoms with E-state index in [0.717, 1.165) is 32.1 Å². The highest BCUT2D eigenvalue weighted by Crippen LogP contribution is 2.26. The van der Waals surface area contributed by atoms with Gasteiger partial charge >= 0.3 is 0 Å². The zero-order valence-electron chi connectivity index (χ0n) is 9.42. The van der Waals surface area contributed by atoms with E-state index in [4.69, 9.17) is 0 Å². The zero-order chi connectivity index (χ0) is 11.4. The van der Waals surface area contributed by atoms with Crippen LogP contribution in [0.25, 0.3) is 0 Å². The summed E-state index contributed by atoms with van der Waals surface area (Å²) in [5.74, 6) is 0.805. The van der Waals surface area contributed by atoms with Crippen LogP contribution >= 0.6 is 15.9 Å². The minimum atomic E-state index is 0.320. The molecule has 1 nitrogen and oxygen atoms in total. The van der Waals surface area contributed by atoms with Gasteiger partial charge in [-0.05, 0) is 37.3 Å². The molecule has 1 aliphatic carbocycles. The normalized spacial score (nSPS) is 21.1. The lowest BCUT2D eigenvalue weighted by Gasteiger charge is -2.20. The number of halogens is 1. The highest BCUT2D eigenvalue weighted by atomic mass is 79.9. The lowest BCUT2D eigenvalue weighted by molar-refractivity contribution is -0.124. The highest BCUT2D eigenvalue weighted by Gasteiger charge is 2.21. The Labute approximate surface area is 105 Å². The van der Waals surface area contributed by atoms with Crippen molar-refractivity contribution in [3.05, 3.63) is 34.3 Å². The predicted octanol–water partition coefficient (Wildman–Crippen LogP) is 4.14. The Balaban J connectivity index is 1.92. The van der Waals surface area contributed by atoms with Crippen molar-refractivity contribution in [1.82, 2.24) is 0 Å². The van der Waals surface area contributed by atoms with Gasteiger partial charge < -0.3 is 0 Å². The average Bonchev–Trinajstić information content (AvgIpc) is 2.30. The molecule has 1 aromatic rings. The molecule has 1 fully saturated rings. The van der Waals surface area contributed by atoms with Crippen LogP contribution in [0.15, 0.2) is 28.7 Å². The van der Waals surface area contributed by atoms with Gasteiger partial charge in [-0.2, -0.15) is 0 Å². The fourth-order valence-corrected chi connectivity index (χ4v) is 2.87. The van der Waals surface area contributed by atoms with Crippen LogP contribution in [0.2, 0.25) is 0 Å². The fraction of sp³-hybridized carbons (Fsp3) is 0.500. The van der Waals surface area contributed by atoms with Gasteiger partial charge in [0, 0.05) is 16.8 Å². The molecule has 1 atom stereocenters. The third kappa shape index (κ3) is 2.94. The summed E-state index contributed by atoms with van der Waals surface area (Å²) in [4.78, 5) is 11.7. The van der Waals surface area contributed by atoms with Crippen molar-refractivity contribution in [2.75, 3.05) is 0 Å². The van der Waals surface area contributed by atoms with Crippen LogP contribution in [0, 0.1) is 5.92 Å². The summed E-state index contributed by atoms with van der Waals surface area (Å²) in [6.07, 6.45) is 6.26. The summed E-state index contributed by atoms with van der Waals surface area (Å²) < 4.78 is 1.17. The van der Waals surface area contributed by atoms with Crippen LogP contribution in [0.1, 0.15) is 37.7 Å². The SMILES string of the molecule is O=C1CCCCC1CCc1ccccc1Br. The third-order valence-corrected chi connectivity index (χ3v) is 4.17. The average molecular weight is 281 g/mol. The third-order valence-electron chi connectivity index (χ3n) is 3.40. The largest absolute Gasteiger partial charge is 0.299 e. The van der Waals surface area contributed by atoms with Gasteiger partial charge in [0.1, 0.15) is 5.78 Å². The molecule has 0 aromatic heterocycles. The van der Waals surface area contributed by atoms with Crippen LogP contribution in [-0.2, 0) is 11.2 Å². The van der Waals surface area contributed by atoms with Gasteiger partial charge in [0.25, 0.3) is 0 Å². The summed E-state index contributed by atoms with van der Waals surface area (Å²) in [5, 5.41) is 0. The number of ketones is 1. The summed E-state index contributed by atoms with van der Waals surface area (Å²) in [6.45, 7) is 0. The van der Waals surface area contributed by atoms with Crippen LogP contribution in [0.3, 0.4) is 0 Å². The molecule has 0 heterocycles. The Hall–Kier alpha value is -0.630. The topological polar surface area (TPSA) is 17.1 Å². The van der Waals surface area contributed by atoms with Crippen molar-refractivity contribution in [3.8, 4) is 0 Å². The molecule has 86 valence electrons. The van der Waals surface area contributed by atoms with Gasteiger partial charge in [-0.3, -0.25) is 4.79 Å². The van der Waals surface area contributed by atoms with Gasteiger partial charge in [0.05, 0.1) is 0 Å². The van der Waals surface area contributed by atoms with Crippen molar-refractivity contribution >= 4 is 21.7 Å². The van der Waals surface area contributed by atoms with E-state index in [1.165, 1.54) is 16.5 Å². The van der Waals surface area contributed by atoms with E-state index in [2.05, 4.69) is 34.1 Å². The molecule has 0 amide bonds. The van der Waals surface area contributed by atoms with Crippen LogP contribution in [0.4, 0.5) is 0 Å². The predicted molar refractivity (Wildman–Crippen MR) is 69.4 cm³/mol. The molecule has 0 bridgehead atoms. The number of carbonyl (C=O) groups is 1. The number of aryl methyl sites for hydroxylation is 1. The lowest BCUT2D eigenvalue weighted by atomic mass is 9.84. The molecular formula is C14H17BrO. The number of benzene rings is 1. The number of carbonyl (C=O) groups excluding carboxylic acids is 1. The molecular weight excluding hydrogens is 264 g/mol. The first kappa shape index (κ1) is 11.8. The summed E-state index contributed by atoms with van der Waals surface area (Å²) in [7, 11) is 0. The van der Waals surface area contributed by atoms with Gasteiger partial charge in [-0.1, -0.05) is 40.5 Å². The molecule has 0 spiro atoms. The quantitative estimate of drug-likeness (QED) is 0.813. The Kier molecular flexibility index (Phi) is 4.16. The molecule has 0 saturated heterocycles. The van der Waals surface area contributed by atoms with Gasteiger partial charge in [0.2, 0.25) is 0 Å².